The van der Waals surface area contributed by atoms with E-state index in [2.05, 4.69) is 41.6 Å². The monoisotopic (exact) mass is 299 g/mol. The third-order valence-electron chi connectivity index (χ3n) is 4.21. The molecule has 0 fully saturated rings. The van der Waals surface area contributed by atoms with Gasteiger partial charge in [0.15, 0.2) is 0 Å². The van der Waals surface area contributed by atoms with E-state index in [-0.39, 0.29) is 17.9 Å². The van der Waals surface area contributed by atoms with Crippen LogP contribution in [0.15, 0.2) is 30.5 Å². The van der Waals surface area contributed by atoms with Crippen LogP contribution in [0.2, 0.25) is 0 Å². The molecule has 0 aliphatic rings. The number of aryl methyl sites for hydroxylation is 1. The summed E-state index contributed by atoms with van der Waals surface area (Å²) in [6.45, 7) is 10.1. The minimum absolute atomic E-state index is 0.0369. The molecule has 4 heteroatoms. The average Bonchev–Trinajstić information content (AvgIpc) is 2.89. The summed E-state index contributed by atoms with van der Waals surface area (Å²) in [6.07, 6.45) is 2.69. The van der Waals surface area contributed by atoms with Gasteiger partial charge in [0.25, 0.3) is 0 Å². The second-order valence-corrected chi connectivity index (χ2v) is 5.97. The first-order chi connectivity index (χ1) is 10.4. The summed E-state index contributed by atoms with van der Waals surface area (Å²) in [5.41, 5.74) is 4.37. The van der Waals surface area contributed by atoms with Gasteiger partial charge in [-0.2, -0.15) is 5.10 Å². The molecule has 0 spiro atoms. The molecule has 0 saturated heterocycles. The van der Waals surface area contributed by atoms with Crippen LogP contribution >= 0.6 is 0 Å². The minimum atomic E-state index is -0.0410. The van der Waals surface area contributed by atoms with Crippen LogP contribution in [0, 0.1) is 19.8 Å². The van der Waals surface area contributed by atoms with E-state index in [0.717, 1.165) is 23.4 Å². The quantitative estimate of drug-likeness (QED) is 0.914. The van der Waals surface area contributed by atoms with Gasteiger partial charge in [0.05, 0.1) is 17.9 Å². The lowest BCUT2D eigenvalue weighted by molar-refractivity contribution is -0.125. The average molecular weight is 299 g/mol. The molecule has 118 valence electrons. The number of nitrogens with zero attached hydrogens (tertiary/aromatic N) is 2. The molecule has 1 heterocycles. The van der Waals surface area contributed by atoms with Crippen LogP contribution in [0.5, 0.6) is 0 Å². The van der Waals surface area contributed by atoms with Crippen molar-refractivity contribution in [1.82, 2.24) is 15.1 Å². The Bertz CT molecular complexity index is 643. The molecule has 0 aliphatic carbocycles. The maximum atomic E-state index is 12.0. The van der Waals surface area contributed by atoms with Gasteiger partial charge in [-0.05, 0) is 39.3 Å². The number of amides is 1. The van der Waals surface area contributed by atoms with E-state index >= 15 is 0 Å². The fourth-order valence-electron chi connectivity index (χ4n) is 2.41. The van der Waals surface area contributed by atoms with Crippen molar-refractivity contribution < 1.29 is 4.79 Å². The molecule has 1 amide bonds. The van der Waals surface area contributed by atoms with E-state index in [4.69, 9.17) is 0 Å². The van der Waals surface area contributed by atoms with Gasteiger partial charge in [-0.3, -0.25) is 4.79 Å². The number of carbonyl (C=O) groups is 1. The zero-order valence-electron chi connectivity index (χ0n) is 14.1. The molecule has 0 unspecified atom stereocenters. The molecule has 0 aliphatic heterocycles. The van der Waals surface area contributed by atoms with Crippen LogP contribution < -0.4 is 5.32 Å². The smallest absolute Gasteiger partial charge is 0.223 e. The Labute approximate surface area is 132 Å². The van der Waals surface area contributed by atoms with Crippen molar-refractivity contribution in [2.24, 2.45) is 5.92 Å². The summed E-state index contributed by atoms with van der Waals surface area (Å²) in [7, 11) is 0. The molecule has 0 saturated carbocycles. The van der Waals surface area contributed by atoms with E-state index in [0.29, 0.717) is 0 Å². The fraction of sp³-hybridized carbons (Fsp3) is 0.444. The summed E-state index contributed by atoms with van der Waals surface area (Å²) < 4.78 is 1.92. The van der Waals surface area contributed by atoms with Crippen LogP contribution in [0.3, 0.4) is 0 Å². The lowest BCUT2D eigenvalue weighted by Gasteiger charge is -2.17. The summed E-state index contributed by atoms with van der Waals surface area (Å²) >= 11 is 0. The van der Waals surface area contributed by atoms with E-state index in [1.807, 2.05) is 38.6 Å². The molecule has 22 heavy (non-hydrogen) atoms. The lowest BCUT2D eigenvalue weighted by atomic mass is 10.1. The van der Waals surface area contributed by atoms with E-state index in [1.165, 1.54) is 5.56 Å². The molecular formula is C18H25N3O. The highest BCUT2D eigenvalue weighted by Gasteiger charge is 2.18. The summed E-state index contributed by atoms with van der Waals surface area (Å²) in [5, 5.41) is 7.54. The highest BCUT2D eigenvalue weighted by molar-refractivity contribution is 5.78. The Morgan fingerprint density at radius 1 is 1.23 bits per heavy atom. The van der Waals surface area contributed by atoms with Gasteiger partial charge in [0, 0.05) is 17.2 Å². The highest BCUT2D eigenvalue weighted by atomic mass is 16.1. The molecule has 1 N–H and O–H groups in total. The van der Waals surface area contributed by atoms with Crippen molar-refractivity contribution in [1.29, 1.82) is 0 Å². The van der Waals surface area contributed by atoms with Crippen LogP contribution in [0.25, 0.3) is 5.69 Å². The van der Waals surface area contributed by atoms with E-state index in [1.54, 1.807) is 0 Å². The van der Waals surface area contributed by atoms with Crippen LogP contribution in [-0.4, -0.2) is 15.7 Å². The minimum Gasteiger partial charge on any atom is -0.349 e. The Kier molecular flexibility index (Phi) is 5.01. The number of carbonyl (C=O) groups excluding carboxylic acids is 1. The third-order valence-corrected chi connectivity index (χ3v) is 4.21. The molecule has 0 bridgehead atoms. The van der Waals surface area contributed by atoms with Crippen molar-refractivity contribution in [3.63, 3.8) is 0 Å². The van der Waals surface area contributed by atoms with Gasteiger partial charge in [-0.25, -0.2) is 4.68 Å². The maximum Gasteiger partial charge on any atom is 0.223 e. The van der Waals surface area contributed by atoms with Gasteiger partial charge in [0.2, 0.25) is 5.91 Å². The maximum absolute atomic E-state index is 12.0. The number of hydrogen-bond donors (Lipinski definition) is 1. The molecule has 2 aromatic rings. The standard InChI is InChI=1S/C18H25N3O/c1-6-13(3)18(22)20-14(4)17-11-19-21(15(17)5)16-9-7-12(2)8-10-16/h7-11,13-14H,6H2,1-5H3,(H,20,22)/t13-,14-/m0/s1. The van der Waals surface area contributed by atoms with Crippen molar-refractivity contribution in [2.75, 3.05) is 0 Å². The third kappa shape index (κ3) is 3.38. The predicted molar refractivity (Wildman–Crippen MR) is 89.1 cm³/mol. The highest BCUT2D eigenvalue weighted by Crippen LogP contribution is 2.21. The van der Waals surface area contributed by atoms with Crippen molar-refractivity contribution in [2.45, 2.75) is 47.1 Å². The van der Waals surface area contributed by atoms with Gasteiger partial charge >= 0.3 is 0 Å². The van der Waals surface area contributed by atoms with E-state index < -0.39 is 0 Å². The Morgan fingerprint density at radius 3 is 2.45 bits per heavy atom. The van der Waals surface area contributed by atoms with Gasteiger partial charge in [-0.15, -0.1) is 0 Å². The molecule has 1 aromatic carbocycles. The predicted octanol–water partition coefficient (Wildman–Crippen LogP) is 3.71. The summed E-state index contributed by atoms with van der Waals surface area (Å²) in [6, 6.07) is 8.22. The van der Waals surface area contributed by atoms with Gasteiger partial charge in [0.1, 0.15) is 0 Å². The Balaban J connectivity index is 2.20. The lowest BCUT2D eigenvalue weighted by Crippen LogP contribution is -2.31. The summed E-state index contributed by atoms with van der Waals surface area (Å²) in [5.74, 6) is 0.132. The van der Waals surface area contributed by atoms with E-state index in [9.17, 15) is 4.79 Å². The molecule has 1 aromatic heterocycles. The van der Waals surface area contributed by atoms with Crippen LogP contribution in [0.4, 0.5) is 0 Å². The van der Waals surface area contributed by atoms with Gasteiger partial charge in [-0.1, -0.05) is 31.5 Å². The number of nitrogens with one attached hydrogen (secondary N) is 1. The number of rotatable bonds is 5. The normalized spacial score (nSPS) is 13.7. The zero-order chi connectivity index (χ0) is 16.3. The zero-order valence-corrected chi connectivity index (χ0v) is 14.1. The van der Waals surface area contributed by atoms with Crippen molar-refractivity contribution >= 4 is 5.91 Å². The van der Waals surface area contributed by atoms with Crippen LogP contribution in [0.1, 0.15) is 50.1 Å². The SMILES string of the molecule is CC[C@H](C)C(=O)N[C@@H](C)c1cnn(-c2ccc(C)cc2)c1C. The second kappa shape index (κ2) is 6.77. The van der Waals surface area contributed by atoms with Crippen LogP contribution in [-0.2, 0) is 4.79 Å². The second-order valence-electron chi connectivity index (χ2n) is 5.97. The van der Waals surface area contributed by atoms with Gasteiger partial charge < -0.3 is 5.32 Å². The number of benzene rings is 1. The molecule has 0 radical (unpaired) electrons. The topological polar surface area (TPSA) is 46.9 Å². The molecule has 4 nitrogen and oxygen atoms in total. The number of hydrogen-bond acceptors (Lipinski definition) is 2. The molecule has 2 rings (SSSR count). The molecule has 2 atom stereocenters. The largest absolute Gasteiger partial charge is 0.349 e. The first kappa shape index (κ1) is 16.3. The summed E-state index contributed by atoms with van der Waals surface area (Å²) in [4.78, 5) is 12.0. The first-order valence-corrected chi connectivity index (χ1v) is 7.86. The Hall–Kier alpha value is -2.10. The fourth-order valence-corrected chi connectivity index (χ4v) is 2.41. The Morgan fingerprint density at radius 2 is 1.86 bits per heavy atom. The van der Waals surface area contributed by atoms with Crippen molar-refractivity contribution in [3.8, 4) is 5.69 Å². The number of aromatic nitrogens is 2. The molecular weight excluding hydrogens is 274 g/mol. The first-order valence-electron chi connectivity index (χ1n) is 7.86. The van der Waals surface area contributed by atoms with Crippen molar-refractivity contribution in [3.05, 3.63) is 47.3 Å².